The van der Waals surface area contributed by atoms with Gasteiger partial charge in [-0.05, 0) is 12.1 Å². The van der Waals surface area contributed by atoms with E-state index in [4.69, 9.17) is 5.26 Å². The van der Waals surface area contributed by atoms with Gasteiger partial charge in [-0.3, -0.25) is 0 Å². The lowest BCUT2D eigenvalue weighted by Gasteiger charge is -2.07. The number of nitriles is 1. The summed E-state index contributed by atoms with van der Waals surface area (Å²) >= 11 is 0. The average Bonchev–Trinajstić information content (AvgIpc) is 2.17. The second-order valence-corrected chi connectivity index (χ2v) is 5.00. The topological polar surface area (TPSA) is 57.9 Å². The third kappa shape index (κ3) is 2.50. The zero-order chi connectivity index (χ0) is 11.7. The van der Waals surface area contributed by atoms with Gasteiger partial charge in [-0.2, -0.15) is 14.0 Å². The zero-order valence-corrected chi connectivity index (χ0v) is 8.55. The number of rotatable bonds is 2. The molecule has 80 valence electrons. The summed E-state index contributed by atoms with van der Waals surface area (Å²) in [5.74, 6) is -3.59. The summed E-state index contributed by atoms with van der Waals surface area (Å²) in [6.07, 6.45) is 0.977. The predicted octanol–water partition coefficient (Wildman–Crippen LogP) is 1.71. The summed E-state index contributed by atoms with van der Waals surface area (Å²) in [4.78, 5) is -0.0556. The molecule has 0 spiro atoms. The van der Waals surface area contributed by atoms with Crippen LogP contribution >= 0.6 is 0 Å². The molecule has 0 fully saturated rings. The number of sulfone groups is 1. The number of hydrogen-bond donors (Lipinski definition) is 0. The van der Waals surface area contributed by atoms with Crippen LogP contribution in [0, 0.1) is 11.3 Å². The maximum Gasteiger partial charge on any atom is 0.357 e. The Kier molecular flexibility index (Phi) is 2.77. The van der Waals surface area contributed by atoms with Gasteiger partial charge in [0.1, 0.15) is 6.07 Å². The largest absolute Gasteiger partial charge is 0.357 e. The Balaban J connectivity index is 3.19. The second-order valence-electron chi connectivity index (χ2n) is 2.98. The number of benzene rings is 1. The van der Waals surface area contributed by atoms with Crippen molar-refractivity contribution in [3.8, 4) is 6.07 Å². The average molecular weight is 231 g/mol. The SMILES string of the molecule is CS(=O)(=O)c1ccc(C(F)(F)C#N)cc1. The standard InChI is InChI=1S/C9H7F2NO2S/c1-15(13,14)8-4-2-7(3-5-8)9(10,11)6-12/h2-5H,1H3. The molecule has 0 saturated heterocycles. The van der Waals surface area contributed by atoms with Crippen LogP contribution in [0.1, 0.15) is 5.56 Å². The lowest BCUT2D eigenvalue weighted by Crippen LogP contribution is -2.09. The second kappa shape index (κ2) is 3.59. The summed E-state index contributed by atoms with van der Waals surface area (Å²) in [5, 5.41) is 8.16. The Bertz CT molecular complexity index is 500. The first-order valence-corrected chi connectivity index (χ1v) is 5.76. The van der Waals surface area contributed by atoms with Crippen molar-refractivity contribution in [1.82, 2.24) is 0 Å². The molecule has 15 heavy (non-hydrogen) atoms. The highest BCUT2D eigenvalue weighted by molar-refractivity contribution is 7.90. The minimum absolute atomic E-state index is 0.0556. The number of halogens is 2. The van der Waals surface area contributed by atoms with Gasteiger partial charge in [0.2, 0.25) is 0 Å². The van der Waals surface area contributed by atoms with Crippen LogP contribution in [0.3, 0.4) is 0 Å². The molecule has 0 unspecified atom stereocenters. The van der Waals surface area contributed by atoms with Crippen molar-refractivity contribution in [2.24, 2.45) is 0 Å². The highest BCUT2D eigenvalue weighted by Gasteiger charge is 2.30. The summed E-state index contributed by atoms with van der Waals surface area (Å²) in [6.45, 7) is 0. The minimum atomic E-state index is -3.59. The molecule has 0 aromatic heterocycles. The Morgan fingerprint density at radius 1 is 1.27 bits per heavy atom. The van der Waals surface area contributed by atoms with E-state index < -0.39 is 21.3 Å². The van der Waals surface area contributed by atoms with Crippen LogP contribution in [0.2, 0.25) is 0 Å². The molecule has 0 radical (unpaired) electrons. The van der Waals surface area contributed by atoms with Crippen LogP contribution in [-0.4, -0.2) is 14.7 Å². The number of hydrogen-bond acceptors (Lipinski definition) is 3. The first-order valence-electron chi connectivity index (χ1n) is 3.87. The van der Waals surface area contributed by atoms with Crippen molar-refractivity contribution in [1.29, 1.82) is 5.26 Å². The molecule has 0 aliphatic rings. The van der Waals surface area contributed by atoms with E-state index >= 15 is 0 Å². The molecule has 0 heterocycles. The lowest BCUT2D eigenvalue weighted by atomic mass is 10.1. The van der Waals surface area contributed by atoms with E-state index in [-0.39, 0.29) is 4.90 Å². The number of nitrogens with zero attached hydrogens (tertiary/aromatic N) is 1. The van der Waals surface area contributed by atoms with Crippen molar-refractivity contribution in [3.63, 3.8) is 0 Å². The normalized spacial score (nSPS) is 12.1. The van der Waals surface area contributed by atoms with Gasteiger partial charge < -0.3 is 0 Å². The highest BCUT2D eigenvalue weighted by atomic mass is 32.2. The van der Waals surface area contributed by atoms with E-state index in [1.807, 2.05) is 0 Å². The minimum Gasteiger partial charge on any atom is -0.224 e. The molecular formula is C9H7F2NO2S. The molecule has 0 amide bonds. The van der Waals surface area contributed by atoms with Crippen molar-refractivity contribution >= 4 is 9.84 Å². The Hall–Kier alpha value is -1.48. The number of alkyl halides is 2. The maximum atomic E-state index is 12.8. The van der Waals surface area contributed by atoms with Crippen LogP contribution in [0.5, 0.6) is 0 Å². The van der Waals surface area contributed by atoms with E-state index in [0.717, 1.165) is 36.6 Å². The third-order valence-electron chi connectivity index (χ3n) is 1.79. The van der Waals surface area contributed by atoms with Gasteiger partial charge in [0.15, 0.2) is 9.84 Å². The van der Waals surface area contributed by atoms with Crippen LogP contribution in [-0.2, 0) is 15.8 Å². The lowest BCUT2D eigenvalue weighted by molar-refractivity contribution is 0.0612. The molecule has 0 N–H and O–H groups in total. The molecule has 1 aromatic rings. The van der Waals surface area contributed by atoms with Gasteiger partial charge >= 0.3 is 5.92 Å². The molecule has 1 aromatic carbocycles. The van der Waals surface area contributed by atoms with Gasteiger partial charge in [-0.25, -0.2) is 8.42 Å². The van der Waals surface area contributed by atoms with Crippen LogP contribution in [0.15, 0.2) is 29.2 Å². The van der Waals surface area contributed by atoms with Gasteiger partial charge in [0.05, 0.1) is 4.90 Å². The molecule has 0 bridgehead atoms. The fourth-order valence-electron chi connectivity index (χ4n) is 0.976. The summed E-state index contributed by atoms with van der Waals surface area (Å²) in [6, 6.07) is 4.80. The maximum absolute atomic E-state index is 12.8. The Morgan fingerprint density at radius 2 is 1.73 bits per heavy atom. The first-order chi connectivity index (χ1) is 6.77. The van der Waals surface area contributed by atoms with Crippen LogP contribution in [0.25, 0.3) is 0 Å². The zero-order valence-electron chi connectivity index (χ0n) is 7.74. The van der Waals surface area contributed by atoms with Crippen molar-refractivity contribution < 1.29 is 17.2 Å². The molecule has 0 saturated carbocycles. The van der Waals surface area contributed by atoms with Crippen molar-refractivity contribution in [2.75, 3.05) is 6.26 Å². The molecule has 0 aliphatic carbocycles. The monoisotopic (exact) mass is 231 g/mol. The summed E-state index contributed by atoms with van der Waals surface area (Å²) in [7, 11) is -3.40. The molecule has 0 atom stereocenters. The van der Waals surface area contributed by atoms with E-state index in [2.05, 4.69) is 0 Å². The highest BCUT2D eigenvalue weighted by Crippen LogP contribution is 2.27. The van der Waals surface area contributed by atoms with E-state index in [1.165, 1.54) is 0 Å². The predicted molar refractivity (Wildman–Crippen MR) is 49.1 cm³/mol. The summed E-state index contributed by atoms with van der Waals surface area (Å²) in [5.41, 5.74) is -0.516. The van der Waals surface area contributed by atoms with Gasteiger partial charge in [0, 0.05) is 11.8 Å². The van der Waals surface area contributed by atoms with Crippen LogP contribution in [0.4, 0.5) is 8.78 Å². The quantitative estimate of drug-likeness (QED) is 0.778. The van der Waals surface area contributed by atoms with Crippen LogP contribution < -0.4 is 0 Å². The molecular weight excluding hydrogens is 224 g/mol. The van der Waals surface area contributed by atoms with Gasteiger partial charge in [-0.1, -0.05) is 12.1 Å². The fourth-order valence-corrected chi connectivity index (χ4v) is 1.61. The third-order valence-corrected chi connectivity index (χ3v) is 2.91. The summed E-state index contributed by atoms with van der Waals surface area (Å²) < 4.78 is 47.6. The van der Waals surface area contributed by atoms with E-state index in [9.17, 15) is 17.2 Å². The Labute approximate surface area is 85.9 Å². The first kappa shape index (κ1) is 11.6. The smallest absolute Gasteiger partial charge is 0.224 e. The molecule has 3 nitrogen and oxygen atoms in total. The van der Waals surface area contributed by atoms with Gasteiger partial charge in [-0.15, -0.1) is 0 Å². The van der Waals surface area contributed by atoms with Crippen molar-refractivity contribution in [3.05, 3.63) is 29.8 Å². The molecule has 0 aliphatic heterocycles. The van der Waals surface area contributed by atoms with E-state index in [1.54, 1.807) is 0 Å². The Morgan fingerprint density at radius 3 is 2.07 bits per heavy atom. The molecule has 6 heteroatoms. The molecule has 1 rings (SSSR count). The fraction of sp³-hybridized carbons (Fsp3) is 0.222. The van der Waals surface area contributed by atoms with Crippen molar-refractivity contribution in [2.45, 2.75) is 10.8 Å². The van der Waals surface area contributed by atoms with Gasteiger partial charge in [0.25, 0.3) is 0 Å². The van der Waals surface area contributed by atoms with E-state index in [0.29, 0.717) is 0 Å².